The predicted molar refractivity (Wildman–Crippen MR) is 44.9 cm³/mol. The lowest BCUT2D eigenvalue weighted by molar-refractivity contribution is -0.0424. The van der Waals surface area contributed by atoms with Gasteiger partial charge in [0.1, 0.15) is 0 Å². The highest BCUT2D eigenvalue weighted by Gasteiger charge is 2.13. The molecule has 0 fully saturated rings. The smallest absolute Gasteiger partial charge is 0.0602 e. The van der Waals surface area contributed by atoms with E-state index in [2.05, 4.69) is 34.6 Å². The molecule has 0 rings (SSSR count). The zero-order valence-corrected chi connectivity index (χ0v) is 7.61. The molecular weight excluding hydrogens is 124 g/mol. The molecule has 1 heteroatoms. The summed E-state index contributed by atoms with van der Waals surface area (Å²) in [5, 5.41) is 0. The van der Waals surface area contributed by atoms with Gasteiger partial charge in [0, 0.05) is 0 Å². The molecule has 1 radical (unpaired) electrons. The van der Waals surface area contributed by atoms with Crippen LogP contribution in [-0.2, 0) is 4.74 Å². The monoisotopic (exact) mass is 143 g/mol. The summed E-state index contributed by atoms with van der Waals surface area (Å²) >= 11 is 0. The highest BCUT2D eigenvalue weighted by atomic mass is 16.5. The van der Waals surface area contributed by atoms with Crippen molar-refractivity contribution in [2.24, 2.45) is 0 Å². The maximum atomic E-state index is 5.57. The van der Waals surface area contributed by atoms with E-state index in [1.807, 2.05) is 0 Å². The van der Waals surface area contributed by atoms with Gasteiger partial charge in [0.05, 0.1) is 11.7 Å². The van der Waals surface area contributed by atoms with Crippen LogP contribution in [0.3, 0.4) is 0 Å². The third kappa shape index (κ3) is 6.09. The van der Waals surface area contributed by atoms with Crippen molar-refractivity contribution in [1.29, 1.82) is 0 Å². The second-order valence-electron chi connectivity index (χ2n) is 3.64. The molecular formula is C9H19O. The molecule has 0 aliphatic rings. The first-order chi connectivity index (χ1) is 4.45. The molecule has 0 saturated carbocycles. The Morgan fingerprint density at radius 2 is 1.90 bits per heavy atom. The third-order valence-electron chi connectivity index (χ3n) is 1.13. The summed E-state index contributed by atoms with van der Waals surface area (Å²) < 4.78 is 5.57. The van der Waals surface area contributed by atoms with Gasteiger partial charge in [0.2, 0.25) is 0 Å². The predicted octanol–water partition coefficient (Wildman–Crippen LogP) is 2.80. The van der Waals surface area contributed by atoms with Crippen LogP contribution in [0.4, 0.5) is 0 Å². The summed E-state index contributed by atoms with van der Waals surface area (Å²) in [7, 11) is 0. The Morgan fingerprint density at radius 1 is 1.40 bits per heavy atom. The fraction of sp³-hybridized carbons (Fsp3) is 0.889. The zero-order chi connectivity index (χ0) is 8.20. The van der Waals surface area contributed by atoms with Crippen LogP contribution >= 0.6 is 0 Å². The molecule has 0 heterocycles. The van der Waals surface area contributed by atoms with Crippen molar-refractivity contribution in [1.82, 2.24) is 0 Å². The molecule has 0 amide bonds. The molecule has 1 nitrogen and oxygen atoms in total. The first kappa shape index (κ1) is 9.96. The summed E-state index contributed by atoms with van der Waals surface area (Å²) in [6.07, 6.45) is 2.35. The molecule has 1 atom stereocenters. The van der Waals surface area contributed by atoms with Crippen LogP contribution in [0.5, 0.6) is 0 Å². The fourth-order valence-electron chi connectivity index (χ4n) is 0.881. The van der Waals surface area contributed by atoms with Gasteiger partial charge in [-0.3, -0.25) is 0 Å². The van der Waals surface area contributed by atoms with Gasteiger partial charge in [0.25, 0.3) is 0 Å². The summed E-state index contributed by atoms with van der Waals surface area (Å²) in [4.78, 5) is 0. The van der Waals surface area contributed by atoms with Crippen molar-refractivity contribution in [3.8, 4) is 0 Å². The van der Waals surface area contributed by atoms with E-state index < -0.39 is 0 Å². The van der Waals surface area contributed by atoms with Crippen LogP contribution in [-0.4, -0.2) is 11.7 Å². The van der Waals surface area contributed by atoms with Gasteiger partial charge < -0.3 is 4.74 Å². The maximum absolute atomic E-state index is 5.57. The number of hydrogen-bond acceptors (Lipinski definition) is 1. The standard InChI is InChI=1S/C9H19O/c1-6-7-8(2)10-9(3,4)5/h8H,2,6-7H2,1,3-5H3. The van der Waals surface area contributed by atoms with E-state index in [1.54, 1.807) is 0 Å². The van der Waals surface area contributed by atoms with Gasteiger partial charge in [-0.2, -0.15) is 0 Å². The van der Waals surface area contributed by atoms with Crippen LogP contribution < -0.4 is 0 Å². The van der Waals surface area contributed by atoms with Gasteiger partial charge in [-0.25, -0.2) is 0 Å². The highest BCUT2D eigenvalue weighted by Crippen LogP contribution is 2.12. The third-order valence-corrected chi connectivity index (χ3v) is 1.13. The van der Waals surface area contributed by atoms with E-state index in [9.17, 15) is 0 Å². The van der Waals surface area contributed by atoms with Crippen LogP contribution in [0.2, 0.25) is 0 Å². The lowest BCUT2D eigenvalue weighted by atomic mass is 10.1. The second-order valence-corrected chi connectivity index (χ2v) is 3.64. The maximum Gasteiger partial charge on any atom is 0.0602 e. The normalized spacial score (nSPS) is 15.3. The first-order valence-electron chi connectivity index (χ1n) is 3.96. The van der Waals surface area contributed by atoms with E-state index in [0.29, 0.717) is 0 Å². The molecule has 1 unspecified atom stereocenters. The summed E-state index contributed by atoms with van der Waals surface area (Å²) in [5.41, 5.74) is -0.0401. The lowest BCUT2D eigenvalue weighted by Crippen LogP contribution is -2.25. The first-order valence-corrected chi connectivity index (χ1v) is 3.96. The van der Waals surface area contributed by atoms with Crippen LogP contribution in [0, 0.1) is 6.92 Å². The summed E-state index contributed by atoms with van der Waals surface area (Å²) in [6.45, 7) is 12.2. The van der Waals surface area contributed by atoms with Gasteiger partial charge >= 0.3 is 0 Å². The largest absolute Gasteiger partial charge is 0.373 e. The van der Waals surface area contributed by atoms with Crippen molar-refractivity contribution in [2.75, 3.05) is 0 Å². The molecule has 61 valence electrons. The Labute approximate surface area is 64.8 Å². The molecule has 0 aromatic carbocycles. The van der Waals surface area contributed by atoms with E-state index in [1.165, 1.54) is 0 Å². The van der Waals surface area contributed by atoms with E-state index >= 15 is 0 Å². The van der Waals surface area contributed by atoms with Crippen LogP contribution in [0.15, 0.2) is 0 Å². The van der Waals surface area contributed by atoms with E-state index in [-0.39, 0.29) is 11.7 Å². The fourth-order valence-corrected chi connectivity index (χ4v) is 0.881. The Morgan fingerprint density at radius 3 is 2.20 bits per heavy atom. The SMILES string of the molecule is [CH2]C(CCC)OC(C)(C)C. The van der Waals surface area contributed by atoms with Gasteiger partial charge in [0.15, 0.2) is 0 Å². The molecule has 0 N–H and O–H groups in total. The highest BCUT2D eigenvalue weighted by molar-refractivity contribution is 4.66. The van der Waals surface area contributed by atoms with Crippen LogP contribution in [0.25, 0.3) is 0 Å². The Kier molecular flexibility index (Phi) is 3.95. The van der Waals surface area contributed by atoms with Gasteiger partial charge in [-0.05, 0) is 34.1 Å². The quantitative estimate of drug-likeness (QED) is 0.590. The minimum absolute atomic E-state index is 0.0401. The average molecular weight is 143 g/mol. The van der Waals surface area contributed by atoms with Gasteiger partial charge in [-0.15, -0.1) is 0 Å². The number of ether oxygens (including phenoxy) is 1. The van der Waals surface area contributed by atoms with E-state index in [4.69, 9.17) is 4.74 Å². The lowest BCUT2D eigenvalue weighted by Gasteiger charge is -2.24. The Bertz CT molecular complexity index is 81.2. The van der Waals surface area contributed by atoms with E-state index in [0.717, 1.165) is 12.8 Å². The van der Waals surface area contributed by atoms with Crippen molar-refractivity contribution in [2.45, 2.75) is 52.2 Å². The minimum atomic E-state index is -0.0401. The molecule has 10 heavy (non-hydrogen) atoms. The van der Waals surface area contributed by atoms with Crippen molar-refractivity contribution in [3.63, 3.8) is 0 Å². The average Bonchev–Trinajstić information content (AvgIpc) is 1.59. The molecule has 0 aromatic heterocycles. The molecule has 0 spiro atoms. The molecule has 0 bridgehead atoms. The summed E-state index contributed by atoms with van der Waals surface area (Å²) in [6, 6.07) is 0. The molecule has 0 aliphatic carbocycles. The minimum Gasteiger partial charge on any atom is -0.373 e. The molecule has 0 aromatic rings. The van der Waals surface area contributed by atoms with Crippen molar-refractivity contribution < 1.29 is 4.74 Å². The molecule has 0 saturated heterocycles. The summed E-state index contributed by atoms with van der Waals surface area (Å²) in [5.74, 6) is 0. The topological polar surface area (TPSA) is 9.23 Å². The molecule has 0 aliphatic heterocycles. The van der Waals surface area contributed by atoms with Crippen LogP contribution in [0.1, 0.15) is 40.5 Å². The second kappa shape index (κ2) is 3.97. The Hall–Kier alpha value is -0.0400. The number of rotatable bonds is 3. The zero-order valence-electron chi connectivity index (χ0n) is 7.61. The Balaban J connectivity index is 3.47. The number of hydrogen-bond donors (Lipinski definition) is 0. The van der Waals surface area contributed by atoms with Crippen molar-refractivity contribution >= 4 is 0 Å². The van der Waals surface area contributed by atoms with Gasteiger partial charge in [-0.1, -0.05) is 13.3 Å². The van der Waals surface area contributed by atoms with Crippen molar-refractivity contribution in [3.05, 3.63) is 6.92 Å².